The molecule has 0 radical (unpaired) electrons. The van der Waals surface area contributed by atoms with Crippen molar-refractivity contribution < 1.29 is 14.7 Å². The third-order valence-electron chi connectivity index (χ3n) is 2.59. The molecule has 86 valence electrons. The van der Waals surface area contributed by atoms with E-state index in [1.54, 1.807) is 0 Å². The van der Waals surface area contributed by atoms with E-state index < -0.39 is 12.0 Å². The van der Waals surface area contributed by atoms with Crippen molar-refractivity contribution in [3.05, 3.63) is 0 Å². The van der Waals surface area contributed by atoms with Gasteiger partial charge in [0.15, 0.2) is 0 Å². The van der Waals surface area contributed by atoms with E-state index in [1.807, 2.05) is 13.8 Å². The molecule has 1 fully saturated rings. The van der Waals surface area contributed by atoms with Crippen molar-refractivity contribution in [3.8, 4) is 0 Å². The minimum atomic E-state index is -0.892. The number of carbonyl (C=O) groups is 2. The lowest BCUT2D eigenvalue weighted by Crippen LogP contribution is -2.44. The third-order valence-corrected chi connectivity index (χ3v) is 3.61. The Labute approximate surface area is 94.0 Å². The Morgan fingerprint density at radius 1 is 1.60 bits per heavy atom. The van der Waals surface area contributed by atoms with Crippen molar-refractivity contribution >= 4 is 23.6 Å². The van der Waals surface area contributed by atoms with Crippen molar-refractivity contribution in [1.29, 1.82) is 0 Å². The summed E-state index contributed by atoms with van der Waals surface area (Å²) in [4.78, 5) is 24.3. The van der Waals surface area contributed by atoms with Gasteiger partial charge in [0.25, 0.3) is 0 Å². The van der Waals surface area contributed by atoms with Gasteiger partial charge in [0.1, 0.15) is 6.04 Å². The first-order chi connectivity index (χ1) is 7.07. The molecular formula is C10H17NO3S. The van der Waals surface area contributed by atoms with Crippen LogP contribution in [0.4, 0.5) is 0 Å². The minimum Gasteiger partial charge on any atom is -0.480 e. The first kappa shape index (κ1) is 12.4. The lowest BCUT2D eigenvalue weighted by atomic mass is 10.0. The van der Waals surface area contributed by atoms with E-state index >= 15 is 0 Å². The highest BCUT2D eigenvalue weighted by molar-refractivity contribution is 7.99. The monoisotopic (exact) mass is 231 g/mol. The summed E-state index contributed by atoms with van der Waals surface area (Å²) in [5.41, 5.74) is 0. The van der Waals surface area contributed by atoms with Gasteiger partial charge in [0.05, 0.1) is 5.88 Å². The van der Waals surface area contributed by atoms with Gasteiger partial charge >= 0.3 is 5.97 Å². The summed E-state index contributed by atoms with van der Waals surface area (Å²) in [7, 11) is 0. The molecule has 15 heavy (non-hydrogen) atoms. The van der Waals surface area contributed by atoms with Gasteiger partial charge in [-0.15, -0.1) is 11.8 Å². The fourth-order valence-electron chi connectivity index (χ4n) is 1.70. The average molecular weight is 231 g/mol. The second kappa shape index (κ2) is 5.39. The van der Waals surface area contributed by atoms with E-state index in [4.69, 9.17) is 5.11 Å². The maximum absolute atomic E-state index is 11.9. The molecule has 1 N–H and O–H groups in total. The summed E-state index contributed by atoms with van der Waals surface area (Å²) in [6, 6.07) is -0.623. The minimum absolute atomic E-state index is 0.0192. The topological polar surface area (TPSA) is 57.6 Å². The van der Waals surface area contributed by atoms with Crippen LogP contribution < -0.4 is 0 Å². The second-order valence-electron chi connectivity index (χ2n) is 3.85. The SMILES string of the molecule is CCCC(C)C(=O)N1CSC[C@@H]1C(=O)O. The standard InChI is InChI=1S/C10H17NO3S/c1-3-4-7(2)9(12)11-6-15-5-8(11)10(13)14/h7-8H,3-6H2,1-2H3,(H,13,14)/t7?,8-/m1/s1. The molecule has 2 atom stereocenters. The highest BCUT2D eigenvalue weighted by Gasteiger charge is 2.35. The van der Waals surface area contributed by atoms with Gasteiger partial charge in [-0.05, 0) is 6.42 Å². The molecule has 1 rings (SSSR count). The molecule has 1 unspecified atom stereocenters. The van der Waals surface area contributed by atoms with Gasteiger partial charge in [0.2, 0.25) is 5.91 Å². The maximum atomic E-state index is 11.9. The Kier molecular flexibility index (Phi) is 4.45. The van der Waals surface area contributed by atoms with Crippen LogP contribution in [0.1, 0.15) is 26.7 Å². The largest absolute Gasteiger partial charge is 0.480 e. The van der Waals surface area contributed by atoms with E-state index in [9.17, 15) is 9.59 Å². The van der Waals surface area contributed by atoms with Crippen molar-refractivity contribution in [1.82, 2.24) is 4.90 Å². The van der Waals surface area contributed by atoms with E-state index in [0.29, 0.717) is 11.6 Å². The average Bonchev–Trinajstić information content (AvgIpc) is 2.65. The normalized spacial score (nSPS) is 22.8. The van der Waals surface area contributed by atoms with E-state index in [1.165, 1.54) is 16.7 Å². The van der Waals surface area contributed by atoms with Gasteiger partial charge in [0, 0.05) is 11.7 Å². The molecule has 0 aromatic heterocycles. The second-order valence-corrected chi connectivity index (χ2v) is 4.85. The first-order valence-electron chi connectivity index (χ1n) is 5.19. The Morgan fingerprint density at radius 3 is 2.80 bits per heavy atom. The Hall–Kier alpha value is -0.710. The molecule has 1 aliphatic heterocycles. The number of carboxylic acids is 1. The van der Waals surface area contributed by atoms with Gasteiger partial charge in [-0.3, -0.25) is 4.79 Å². The summed E-state index contributed by atoms with van der Waals surface area (Å²) < 4.78 is 0. The third kappa shape index (κ3) is 2.87. The zero-order valence-electron chi connectivity index (χ0n) is 9.10. The molecule has 1 heterocycles. The molecule has 5 heteroatoms. The Bertz CT molecular complexity index is 257. The van der Waals surface area contributed by atoms with E-state index in [-0.39, 0.29) is 11.8 Å². The Morgan fingerprint density at radius 2 is 2.27 bits per heavy atom. The van der Waals surface area contributed by atoms with Crippen LogP contribution in [-0.4, -0.2) is 39.6 Å². The summed E-state index contributed by atoms with van der Waals surface area (Å²) >= 11 is 1.51. The number of carbonyl (C=O) groups excluding carboxylic acids is 1. The number of hydrogen-bond acceptors (Lipinski definition) is 3. The highest BCUT2D eigenvalue weighted by Crippen LogP contribution is 2.24. The van der Waals surface area contributed by atoms with Crippen LogP contribution in [-0.2, 0) is 9.59 Å². The summed E-state index contributed by atoms with van der Waals surface area (Å²) in [6.07, 6.45) is 1.78. The van der Waals surface area contributed by atoms with Crippen LogP contribution in [0.5, 0.6) is 0 Å². The molecule has 1 saturated heterocycles. The molecule has 0 aromatic carbocycles. The maximum Gasteiger partial charge on any atom is 0.327 e. The van der Waals surface area contributed by atoms with Gasteiger partial charge in [-0.1, -0.05) is 20.3 Å². The van der Waals surface area contributed by atoms with E-state index in [2.05, 4.69) is 0 Å². The number of amides is 1. The predicted octanol–water partition coefficient (Wildman–Crippen LogP) is 1.41. The number of hydrogen-bond donors (Lipinski definition) is 1. The molecule has 0 spiro atoms. The van der Waals surface area contributed by atoms with Crippen molar-refractivity contribution in [2.24, 2.45) is 5.92 Å². The van der Waals surface area contributed by atoms with Gasteiger partial charge < -0.3 is 10.0 Å². The molecule has 0 saturated carbocycles. The molecule has 0 aliphatic carbocycles. The molecule has 1 amide bonds. The molecule has 0 bridgehead atoms. The van der Waals surface area contributed by atoms with Gasteiger partial charge in [-0.2, -0.15) is 0 Å². The zero-order chi connectivity index (χ0) is 11.4. The first-order valence-corrected chi connectivity index (χ1v) is 6.34. The van der Waals surface area contributed by atoms with Crippen LogP contribution in [0.15, 0.2) is 0 Å². The Balaban J connectivity index is 2.62. The number of rotatable bonds is 4. The van der Waals surface area contributed by atoms with Crippen molar-refractivity contribution in [3.63, 3.8) is 0 Å². The zero-order valence-corrected chi connectivity index (χ0v) is 9.92. The van der Waals surface area contributed by atoms with Crippen LogP contribution in [0.25, 0.3) is 0 Å². The van der Waals surface area contributed by atoms with Gasteiger partial charge in [-0.25, -0.2) is 4.79 Å². The number of nitrogens with zero attached hydrogens (tertiary/aromatic N) is 1. The number of aliphatic carboxylic acids is 1. The fraction of sp³-hybridized carbons (Fsp3) is 0.800. The van der Waals surface area contributed by atoms with E-state index in [0.717, 1.165) is 12.8 Å². The van der Waals surface area contributed by atoms with Crippen LogP contribution >= 0.6 is 11.8 Å². The lowest BCUT2D eigenvalue weighted by Gasteiger charge is -2.23. The fourth-order valence-corrected chi connectivity index (χ4v) is 2.86. The molecular weight excluding hydrogens is 214 g/mol. The summed E-state index contributed by atoms with van der Waals surface area (Å²) in [5.74, 6) is 0.0610. The highest BCUT2D eigenvalue weighted by atomic mass is 32.2. The predicted molar refractivity (Wildman–Crippen MR) is 59.7 cm³/mol. The number of carboxylic acid groups (broad SMARTS) is 1. The molecule has 4 nitrogen and oxygen atoms in total. The quantitative estimate of drug-likeness (QED) is 0.794. The smallest absolute Gasteiger partial charge is 0.327 e. The summed E-state index contributed by atoms with van der Waals surface area (Å²) in [5, 5.41) is 8.94. The summed E-state index contributed by atoms with van der Waals surface area (Å²) in [6.45, 7) is 3.89. The van der Waals surface area contributed by atoms with Crippen LogP contribution in [0.2, 0.25) is 0 Å². The van der Waals surface area contributed by atoms with Crippen LogP contribution in [0.3, 0.4) is 0 Å². The number of thioether (sulfide) groups is 1. The van der Waals surface area contributed by atoms with Crippen molar-refractivity contribution in [2.45, 2.75) is 32.7 Å². The lowest BCUT2D eigenvalue weighted by molar-refractivity contribution is -0.149. The molecule has 1 aliphatic rings. The van der Waals surface area contributed by atoms with Crippen molar-refractivity contribution in [2.75, 3.05) is 11.6 Å². The molecule has 0 aromatic rings. The van der Waals surface area contributed by atoms with Crippen LogP contribution in [0, 0.1) is 5.92 Å².